The lowest BCUT2D eigenvalue weighted by atomic mass is 10.1. The third-order valence-electron chi connectivity index (χ3n) is 5.07. The van der Waals surface area contributed by atoms with E-state index in [0.29, 0.717) is 21.4 Å². The summed E-state index contributed by atoms with van der Waals surface area (Å²) in [5.41, 5.74) is 10.3. The average Bonchev–Trinajstić information content (AvgIpc) is 2.98. The van der Waals surface area contributed by atoms with Gasteiger partial charge in [-0.05, 0) is 62.8 Å². The van der Waals surface area contributed by atoms with Gasteiger partial charge in [-0.2, -0.15) is 0 Å². The molecule has 0 fully saturated rings. The van der Waals surface area contributed by atoms with Crippen LogP contribution in [-0.4, -0.2) is 28.3 Å². The fraction of sp³-hybridized carbons (Fsp3) is 0.346. The van der Waals surface area contributed by atoms with E-state index in [1.54, 1.807) is 12.1 Å². The molecule has 1 aliphatic rings. The van der Waals surface area contributed by atoms with Gasteiger partial charge in [0.1, 0.15) is 0 Å². The molecule has 6 nitrogen and oxygen atoms in total. The lowest BCUT2D eigenvalue weighted by Gasteiger charge is -2.08. The Labute approximate surface area is 201 Å². The highest BCUT2D eigenvalue weighted by Crippen LogP contribution is 2.30. The Kier molecular flexibility index (Phi) is 9.73. The quantitative estimate of drug-likeness (QED) is 0.244. The Hall–Kier alpha value is -3.06. The highest BCUT2D eigenvalue weighted by molar-refractivity contribution is 8.03. The lowest BCUT2D eigenvalue weighted by molar-refractivity contribution is -0.332. The summed E-state index contributed by atoms with van der Waals surface area (Å²) in [6.45, 7) is 13.9. The van der Waals surface area contributed by atoms with E-state index < -0.39 is 0 Å². The van der Waals surface area contributed by atoms with Gasteiger partial charge in [-0.1, -0.05) is 67.4 Å². The molecule has 0 amide bonds. The molecule has 0 spiro atoms. The number of hydrogen-bond acceptors (Lipinski definition) is 6. The molecule has 174 valence electrons. The molecule has 0 bridgehead atoms. The van der Waals surface area contributed by atoms with E-state index in [0.717, 1.165) is 30.4 Å². The van der Waals surface area contributed by atoms with Crippen molar-refractivity contribution in [3.63, 3.8) is 0 Å². The van der Waals surface area contributed by atoms with Crippen LogP contribution < -0.4 is 5.73 Å². The smallest absolute Gasteiger partial charge is 0.382 e. The molecule has 33 heavy (non-hydrogen) atoms. The average molecular weight is 465 g/mol. The normalized spacial score (nSPS) is 15.2. The Balaban J connectivity index is 2.33. The zero-order chi connectivity index (χ0) is 24.5. The van der Waals surface area contributed by atoms with Crippen LogP contribution in [0, 0.1) is 10.3 Å². The van der Waals surface area contributed by atoms with E-state index in [2.05, 4.69) is 56.5 Å². The SMILES string of the molecule is C=NC(N)=C(N=C(C)C1=CCC(C)=C(SC(C)C)C=C1)C(=N)[N+](=O)c1ccc(CCC)cc1. The number of nitrogens with zero attached hydrogens (tertiary/aromatic N) is 3. The number of thioether (sulfide) groups is 1. The molecular weight excluding hydrogens is 430 g/mol. The maximum Gasteiger partial charge on any atom is 0.388 e. The van der Waals surface area contributed by atoms with Crippen LogP contribution in [0.4, 0.5) is 5.69 Å². The maximum absolute atomic E-state index is 12.9. The molecule has 1 aromatic rings. The van der Waals surface area contributed by atoms with Crippen molar-refractivity contribution in [2.75, 3.05) is 0 Å². The van der Waals surface area contributed by atoms with Crippen LogP contribution in [-0.2, 0) is 6.42 Å². The van der Waals surface area contributed by atoms with Crippen molar-refractivity contribution >= 4 is 35.7 Å². The second-order valence-electron chi connectivity index (χ2n) is 8.16. The molecule has 1 aliphatic carbocycles. The number of benzene rings is 1. The van der Waals surface area contributed by atoms with Gasteiger partial charge in [0.2, 0.25) is 5.70 Å². The summed E-state index contributed by atoms with van der Waals surface area (Å²) in [7, 11) is 0. The van der Waals surface area contributed by atoms with Crippen LogP contribution in [0.15, 0.2) is 80.0 Å². The van der Waals surface area contributed by atoms with E-state index >= 15 is 0 Å². The molecule has 0 aromatic heterocycles. The number of nitrogens with two attached hydrogens (primary N) is 1. The van der Waals surface area contributed by atoms with Gasteiger partial charge < -0.3 is 5.73 Å². The van der Waals surface area contributed by atoms with Crippen LogP contribution in [0.3, 0.4) is 0 Å². The Morgan fingerprint density at radius 1 is 1.27 bits per heavy atom. The molecule has 0 saturated heterocycles. The first-order valence-electron chi connectivity index (χ1n) is 11.1. The van der Waals surface area contributed by atoms with Crippen LogP contribution in [0.2, 0.25) is 0 Å². The fourth-order valence-corrected chi connectivity index (χ4v) is 4.19. The van der Waals surface area contributed by atoms with Crippen molar-refractivity contribution in [3.8, 4) is 0 Å². The van der Waals surface area contributed by atoms with Gasteiger partial charge in [0.25, 0.3) is 0 Å². The molecule has 0 atom stereocenters. The van der Waals surface area contributed by atoms with Gasteiger partial charge >= 0.3 is 5.84 Å². The van der Waals surface area contributed by atoms with Gasteiger partial charge in [-0.25, -0.2) is 9.98 Å². The molecular formula is C26H34N5OS+. The summed E-state index contributed by atoms with van der Waals surface area (Å²) in [6, 6.07) is 7.20. The van der Waals surface area contributed by atoms with Gasteiger partial charge in [-0.15, -0.1) is 11.8 Å². The molecule has 0 saturated carbocycles. The van der Waals surface area contributed by atoms with E-state index in [4.69, 9.17) is 11.1 Å². The molecule has 0 heterocycles. The number of amidine groups is 1. The number of aryl methyl sites for hydroxylation is 1. The van der Waals surface area contributed by atoms with Gasteiger partial charge in [0, 0.05) is 20.6 Å². The third-order valence-corrected chi connectivity index (χ3v) is 6.28. The largest absolute Gasteiger partial charge is 0.388 e. The van der Waals surface area contributed by atoms with Gasteiger partial charge in [-0.3, -0.25) is 0 Å². The molecule has 7 heteroatoms. The highest BCUT2D eigenvalue weighted by Gasteiger charge is 2.26. The van der Waals surface area contributed by atoms with Crippen LogP contribution in [0.5, 0.6) is 0 Å². The summed E-state index contributed by atoms with van der Waals surface area (Å²) in [5.74, 6) is -0.447. The number of rotatable bonds is 9. The van der Waals surface area contributed by atoms with Crippen molar-refractivity contribution in [1.29, 1.82) is 5.41 Å². The first-order chi connectivity index (χ1) is 15.7. The Morgan fingerprint density at radius 3 is 2.52 bits per heavy atom. The Bertz CT molecular complexity index is 1070. The van der Waals surface area contributed by atoms with Crippen molar-refractivity contribution in [3.05, 3.63) is 80.5 Å². The number of nitrogens with one attached hydrogen (secondary N) is 1. The minimum atomic E-state index is -0.383. The van der Waals surface area contributed by atoms with Crippen molar-refractivity contribution in [2.24, 2.45) is 15.7 Å². The van der Waals surface area contributed by atoms with E-state index in [-0.39, 0.29) is 17.4 Å². The predicted molar refractivity (Wildman–Crippen MR) is 143 cm³/mol. The minimum absolute atomic E-state index is 0.00450. The van der Waals surface area contributed by atoms with Crippen LogP contribution in [0.1, 0.15) is 53.0 Å². The second-order valence-corrected chi connectivity index (χ2v) is 9.78. The van der Waals surface area contributed by atoms with Crippen molar-refractivity contribution in [1.82, 2.24) is 0 Å². The maximum atomic E-state index is 12.9. The summed E-state index contributed by atoms with van der Waals surface area (Å²) in [4.78, 5) is 22.4. The van der Waals surface area contributed by atoms with Crippen LogP contribution in [0.25, 0.3) is 0 Å². The second kappa shape index (κ2) is 12.3. The minimum Gasteiger partial charge on any atom is -0.382 e. The molecule has 3 N–H and O–H groups in total. The summed E-state index contributed by atoms with van der Waals surface area (Å²) >= 11 is 1.83. The summed E-state index contributed by atoms with van der Waals surface area (Å²) in [5, 5.41) is 8.97. The van der Waals surface area contributed by atoms with Crippen LogP contribution >= 0.6 is 11.8 Å². The first kappa shape index (κ1) is 26.2. The zero-order valence-electron chi connectivity index (χ0n) is 20.2. The first-order valence-corrected chi connectivity index (χ1v) is 12.0. The third kappa shape index (κ3) is 7.22. The number of allylic oxidation sites excluding steroid dienone is 5. The topological polar surface area (TPSA) is 94.7 Å². The Morgan fingerprint density at radius 2 is 1.94 bits per heavy atom. The highest BCUT2D eigenvalue weighted by atomic mass is 32.2. The molecule has 0 radical (unpaired) electrons. The molecule has 2 rings (SSSR count). The van der Waals surface area contributed by atoms with E-state index in [1.165, 1.54) is 10.5 Å². The van der Waals surface area contributed by atoms with E-state index in [9.17, 15) is 4.91 Å². The molecule has 0 unspecified atom stereocenters. The van der Waals surface area contributed by atoms with Crippen molar-refractivity contribution < 1.29 is 4.76 Å². The van der Waals surface area contributed by atoms with Gasteiger partial charge in [0.15, 0.2) is 11.5 Å². The molecule has 1 aromatic carbocycles. The summed E-state index contributed by atoms with van der Waals surface area (Å²) in [6.07, 6.45) is 8.97. The standard InChI is InChI=1S/C26H34N5OS/c1-7-8-20-10-14-22(15-11-20)31(32)26(28)24(25(27)29-6)30-19(5)21-12-9-18(4)23(16-13-21)33-17(2)3/h10-17,28H,6-9,27H2,1-5H3/q+1. The number of nitroso groups, excluding NO2 is 1. The predicted octanol–water partition coefficient (Wildman–Crippen LogP) is 6.62. The summed E-state index contributed by atoms with van der Waals surface area (Å²) < 4.78 is 0.514. The lowest BCUT2D eigenvalue weighted by Crippen LogP contribution is -2.18. The number of hydrogen-bond donors (Lipinski definition) is 2. The fourth-order valence-electron chi connectivity index (χ4n) is 3.25. The zero-order valence-corrected chi connectivity index (χ0v) is 21.0. The van der Waals surface area contributed by atoms with Gasteiger partial charge in [0.05, 0.1) is 0 Å². The van der Waals surface area contributed by atoms with E-state index in [1.807, 2.05) is 36.9 Å². The number of aliphatic imine (C=N–C) groups is 2. The molecule has 0 aliphatic heterocycles. The monoisotopic (exact) mass is 464 g/mol. The van der Waals surface area contributed by atoms with Crippen molar-refractivity contribution in [2.45, 2.75) is 59.1 Å².